The highest BCUT2D eigenvalue weighted by Gasteiger charge is 2.11. The molecule has 2 nitrogen and oxygen atoms in total. The van der Waals surface area contributed by atoms with E-state index in [-0.39, 0.29) is 6.10 Å². The van der Waals surface area contributed by atoms with Gasteiger partial charge in [0.25, 0.3) is 0 Å². The fourth-order valence-corrected chi connectivity index (χ4v) is 1.37. The van der Waals surface area contributed by atoms with Crippen LogP contribution in [0.5, 0.6) is 0 Å². The molecule has 1 aromatic rings. The van der Waals surface area contributed by atoms with E-state index in [1.165, 1.54) is 6.26 Å². The molecule has 0 saturated carbocycles. The molecule has 0 aliphatic heterocycles. The summed E-state index contributed by atoms with van der Waals surface area (Å²) in [5, 5.41) is 0. The second kappa shape index (κ2) is 6.86. The third kappa shape index (κ3) is 4.01. The third-order valence-corrected chi connectivity index (χ3v) is 2.15. The molecule has 2 heteroatoms. The standard InChI is InChI=1S/C13H17NO/c1-3-5-9-13(15-11-4-2)12-8-6-7-10-14-12/h6-8,10-11,13H,2-3,5,9H2,1H3/t13-/m1/s1. The summed E-state index contributed by atoms with van der Waals surface area (Å²) in [4.78, 5) is 4.29. The Labute approximate surface area is 91.3 Å². The van der Waals surface area contributed by atoms with Gasteiger partial charge in [-0.25, -0.2) is 0 Å². The van der Waals surface area contributed by atoms with E-state index in [4.69, 9.17) is 4.74 Å². The zero-order valence-corrected chi connectivity index (χ0v) is 9.15. The zero-order valence-electron chi connectivity index (χ0n) is 9.15. The maximum Gasteiger partial charge on any atom is 0.141 e. The lowest BCUT2D eigenvalue weighted by atomic mass is 10.1. The molecule has 0 N–H and O–H groups in total. The maximum absolute atomic E-state index is 5.52. The number of hydrogen-bond donors (Lipinski definition) is 0. The van der Waals surface area contributed by atoms with Crippen molar-refractivity contribution in [2.45, 2.75) is 32.3 Å². The molecule has 80 valence electrons. The van der Waals surface area contributed by atoms with E-state index in [0.717, 1.165) is 25.0 Å². The Kier molecular flexibility index (Phi) is 5.28. The highest BCUT2D eigenvalue weighted by Crippen LogP contribution is 2.21. The fraction of sp³-hybridized carbons (Fsp3) is 0.385. The van der Waals surface area contributed by atoms with E-state index in [1.807, 2.05) is 18.2 Å². The van der Waals surface area contributed by atoms with Crippen molar-refractivity contribution in [2.24, 2.45) is 0 Å². The molecule has 0 bridgehead atoms. The molecule has 0 radical (unpaired) electrons. The normalized spacial score (nSPS) is 11.5. The molecule has 0 aromatic carbocycles. The van der Waals surface area contributed by atoms with Gasteiger partial charge in [-0.05, 0) is 25.0 Å². The molecular weight excluding hydrogens is 186 g/mol. The van der Waals surface area contributed by atoms with Crippen LogP contribution in [0.25, 0.3) is 0 Å². The van der Waals surface area contributed by atoms with Crippen molar-refractivity contribution < 1.29 is 4.74 Å². The smallest absolute Gasteiger partial charge is 0.141 e. The first-order valence-electron chi connectivity index (χ1n) is 5.29. The van der Waals surface area contributed by atoms with Gasteiger partial charge in [-0.15, -0.1) is 0 Å². The summed E-state index contributed by atoms with van der Waals surface area (Å²) >= 11 is 0. The van der Waals surface area contributed by atoms with Crippen molar-refractivity contribution in [3.05, 3.63) is 48.7 Å². The highest BCUT2D eigenvalue weighted by atomic mass is 16.5. The summed E-state index contributed by atoms with van der Waals surface area (Å²) in [7, 11) is 0. The summed E-state index contributed by atoms with van der Waals surface area (Å²) in [5.41, 5.74) is 3.59. The Morgan fingerprint density at radius 3 is 3.07 bits per heavy atom. The first-order valence-corrected chi connectivity index (χ1v) is 5.29. The number of ether oxygens (including phenoxy) is 1. The van der Waals surface area contributed by atoms with Crippen LogP contribution in [0.2, 0.25) is 0 Å². The second-order valence-electron chi connectivity index (χ2n) is 3.34. The topological polar surface area (TPSA) is 22.1 Å². The molecule has 1 aromatic heterocycles. The molecule has 0 fully saturated rings. The van der Waals surface area contributed by atoms with E-state index >= 15 is 0 Å². The fourth-order valence-electron chi connectivity index (χ4n) is 1.37. The maximum atomic E-state index is 5.52. The molecule has 15 heavy (non-hydrogen) atoms. The van der Waals surface area contributed by atoms with Crippen LogP contribution in [0.4, 0.5) is 0 Å². The van der Waals surface area contributed by atoms with E-state index in [9.17, 15) is 0 Å². The molecule has 1 heterocycles. The Morgan fingerprint density at radius 2 is 2.47 bits per heavy atom. The van der Waals surface area contributed by atoms with Crippen LogP contribution in [-0.2, 0) is 4.74 Å². The lowest BCUT2D eigenvalue weighted by Crippen LogP contribution is -2.02. The van der Waals surface area contributed by atoms with Gasteiger partial charge in [-0.3, -0.25) is 4.98 Å². The monoisotopic (exact) mass is 203 g/mol. The number of nitrogens with zero attached hydrogens (tertiary/aromatic N) is 1. The predicted molar refractivity (Wildman–Crippen MR) is 61.3 cm³/mol. The second-order valence-corrected chi connectivity index (χ2v) is 3.34. The Bertz CT molecular complexity index is 315. The zero-order chi connectivity index (χ0) is 10.9. The first kappa shape index (κ1) is 11.5. The van der Waals surface area contributed by atoms with Crippen molar-refractivity contribution in [1.29, 1.82) is 0 Å². The lowest BCUT2D eigenvalue weighted by molar-refractivity contribution is 0.131. The number of aromatic nitrogens is 1. The highest BCUT2D eigenvalue weighted by molar-refractivity contribution is 5.07. The van der Waals surface area contributed by atoms with Gasteiger partial charge in [0.05, 0.1) is 5.69 Å². The number of hydrogen-bond acceptors (Lipinski definition) is 2. The quantitative estimate of drug-likeness (QED) is 0.520. The third-order valence-electron chi connectivity index (χ3n) is 2.15. The largest absolute Gasteiger partial charge is 0.484 e. The summed E-state index contributed by atoms with van der Waals surface area (Å²) in [5.74, 6) is 0. The van der Waals surface area contributed by atoms with E-state index in [1.54, 1.807) is 6.20 Å². The Hall–Kier alpha value is -1.53. The Morgan fingerprint density at radius 1 is 1.60 bits per heavy atom. The van der Waals surface area contributed by atoms with Gasteiger partial charge in [0.15, 0.2) is 0 Å². The van der Waals surface area contributed by atoms with Gasteiger partial charge in [-0.2, -0.15) is 0 Å². The molecular formula is C13H17NO. The molecule has 0 aliphatic carbocycles. The van der Waals surface area contributed by atoms with Crippen LogP contribution in [0.15, 0.2) is 43.0 Å². The molecule has 0 amide bonds. The SMILES string of the molecule is C=C=CO[C@H](CCCC)c1ccccn1. The van der Waals surface area contributed by atoms with Crippen molar-refractivity contribution in [1.82, 2.24) is 4.98 Å². The van der Waals surface area contributed by atoms with Gasteiger partial charge in [0, 0.05) is 6.20 Å². The number of rotatable bonds is 6. The van der Waals surface area contributed by atoms with Gasteiger partial charge in [0.1, 0.15) is 12.4 Å². The predicted octanol–water partition coefficient (Wildman–Crippen LogP) is 3.63. The van der Waals surface area contributed by atoms with Crippen LogP contribution < -0.4 is 0 Å². The molecule has 0 saturated heterocycles. The van der Waals surface area contributed by atoms with Gasteiger partial charge < -0.3 is 4.74 Å². The van der Waals surface area contributed by atoms with E-state index in [0.29, 0.717) is 0 Å². The van der Waals surface area contributed by atoms with Crippen LogP contribution >= 0.6 is 0 Å². The van der Waals surface area contributed by atoms with Gasteiger partial charge in [-0.1, -0.05) is 31.7 Å². The minimum atomic E-state index is 0.0281. The van der Waals surface area contributed by atoms with Crippen LogP contribution in [0.1, 0.15) is 38.0 Å². The average Bonchev–Trinajstić information content (AvgIpc) is 2.30. The molecule has 0 unspecified atom stereocenters. The number of pyridine rings is 1. The van der Waals surface area contributed by atoms with E-state index < -0.39 is 0 Å². The van der Waals surface area contributed by atoms with Gasteiger partial charge >= 0.3 is 0 Å². The minimum Gasteiger partial charge on any atom is -0.484 e. The minimum absolute atomic E-state index is 0.0281. The summed E-state index contributed by atoms with van der Waals surface area (Å²) < 4.78 is 5.52. The van der Waals surface area contributed by atoms with Gasteiger partial charge in [0.2, 0.25) is 0 Å². The van der Waals surface area contributed by atoms with E-state index in [2.05, 4.69) is 24.2 Å². The van der Waals surface area contributed by atoms with Crippen LogP contribution in [0, 0.1) is 0 Å². The molecule has 0 aliphatic rings. The molecule has 1 atom stereocenters. The summed E-state index contributed by atoms with van der Waals surface area (Å²) in [6, 6.07) is 5.86. The van der Waals surface area contributed by atoms with Crippen molar-refractivity contribution >= 4 is 0 Å². The summed E-state index contributed by atoms with van der Waals surface area (Å²) in [6.45, 7) is 5.65. The van der Waals surface area contributed by atoms with Crippen LogP contribution in [-0.4, -0.2) is 4.98 Å². The summed E-state index contributed by atoms with van der Waals surface area (Å²) in [6.07, 6.45) is 6.59. The lowest BCUT2D eigenvalue weighted by Gasteiger charge is -2.14. The van der Waals surface area contributed by atoms with Crippen molar-refractivity contribution in [2.75, 3.05) is 0 Å². The first-order chi connectivity index (χ1) is 7.38. The number of unbranched alkanes of at least 4 members (excludes halogenated alkanes) is 1. The van der Waals surface area contributed by atoms with Crippen molar-refractivity contribution in [3.63, 3.8) is 0 Å². The van der Waals surface area contributed by atoms with Crippen molar-refractivity contribution in [3.8, 4) is 0 Å². The average molecular weight is 203 g/mol. The molecule has 0 spiro atoms. The Balaban J connectivity index is 2.66. The molecule has 1 rings (SSSR count). The van der Waals surface area contributed by atoms with Crippen LogP contribution in [0.3, 0.4) is 0 Å².